The Hall–Kier alpha value is -0.850. The average molecular weight is 300 g/mol. The van der Waals surface area contributed by atoms with Crippen LogP contribution >= 0.6 is 0 Å². The van der Waals surface area contributed by atoms with E-state index in [1.165, 1.54) is 17.1 Å². The Bertz CT molecular complexity index is 573. The first-order valence-corrected chi connectivity index (χ1v) is 8.60. The van der Waals surface area contributed by atoms with Crippen molar-refractivity contribution >= 4 is 10.0 Å². The van der Waals surface area contributed by atoms with Crippen molar-refractivity contribution in [1.82, 2.24) is 9.62 Å². The molecule has 0 radical (unpaired) electrons. The molecular formula is C14H24N2O3S. The van der Waals surface area contributed by atoms with Crippen LogP contribution in [0.4, 0.5) is 0 Å². The lowest BCUT2D eigenvalue weighted by Crippen LogP contribution is -2.29. The smallest absolute Gasteiger partial charge is 0.246 e. The molecule has 1 fully saturated rings. The van der Waals surface area contributed by atoms with Crippen molar-refractivity contribution in [2.45, 2.75) is 57.5 Å². The van der Waals surface area contributed by atoms with E-state index in [-0.39, 0.29) is 0 Å². The molecule has 2 rings (SSSR count). The summed E-state index contributed by atoms with van der Waals surface area (Å²) in [5.41, 5.74) is 0.775. The lowest BCUT2D eigenvalue weighted by molar-refractivity contribution is 0.461. The molecule has 0 bridgehead atoms. The van der Waals surface area contributed by atoms with Crippen LogP contribution in [-0.4, -0.2) is 32.4 Å². The van der Waals surface area contributed by atoms with Crippen LogP contribution < -0.4 is 5.32 Å². The highest BCUT2D eigenvalue weighted by Gasteiger charge is 2.31. The Labute approximate surface area is 121 Å². The van der Waals surface area contributed by atoms with Gasteiger partial charge in [0.05, 0.1) is 0 Å². The van der Waals surface area contributed by atoms with Crippen molar-refractivity contribution < 1.29 is 12.8 Å². The third kappa shape index (κ3) is 3.07. The molecule has 1 heterocycles. The van der Waals surface area contributed by atoms with Crippen LogP contribution in [0.2, 0.25) is 0 Å². The number of nitrogens with one attached hydrogen (secondary N) is 1. The Morgan fingerprint density at radius 3 is 2.50 bits per heavy atom. The minimum absolute atomic E-state index is 0.346. The topological polar surface area (TPSA) is 62.6 Å². The third-order valence-corrected chi connectivity index (χ3v) is 5.73. The van der Waals surface area contributed by atoms with E-state index in [1.54, 1.807) is 14.0 Å². The van der Waals surface area contributed by atoms with Gasteiger partial charge in [-0.2, -0.15) is 0 Å². The van der Waals surface area contributed by atoms with Gasteiger partial charge < -0.3 is 9.73 Å². The largest absolute Gasteiger partial charge is 0.465 e. The highest BCUT2D eigenvalue weighted by Crippen LogP contribution is 2.30. The molecule has 6 heteroatoms. The number of nitrogens with zero attached hydrogens (tertiary/aromatic N) is 1. The first kappa shape index (κ1) is 15.5. The van der Waals surface area contributed by atoms with Gasteiger partial charge in [0.15, 0.2) is 0 Å². The molecule has 1 aromatic rings. The fourth-order valence-corrected chi connectivity index (χ4v) is 4.04. The fourth-order valence-electron chi connectivity index (χ4n) is 2.38. The van der Waals surface area contributed by atoms with Gasteiger partial charge in [-0.3, -0.25) is 0 Å². The zero-order chi connectivity index (χ0) is 14.9. The summed E-state index contributed by atoms with van der Waals surface area (Å²) >= 11 is 0. The van der Waals surface area contributed by atoms with Gasteiger partial charge in [-0.25, -0.2) is 12.7 Å². The molecule has 114 valence electrons. The van der Waals surface area contributed by atoms with Crippen LogP contribution in [0.1, 0.15) is 43.3 Å². The summed E-state index contributed by atoms with van der Waals surface area (Å²) in [4.78, 5) is 0.346. The minimum Gasteiger partial charge on any atom is -0.465 e. The molecule has 0 spiro atoms. The molecule has 0 aromatic carbocycles. The minimum atomic E-state index is -3.47. The molecule has 1 N–H and O–H groups in total. The van der Waals surface area contributed by atoms with Gasteiger partial charge in [0.2, 0.25) is 10.0 Å². The summed E-state index contributed by atoms with van der Waals surface area (Å²) in [6.07, 6.45) is 3.14. The van der Waals surface area contributed by atoms with Gasteiger partial charge in [0, 0.05) is 31.7 Å². The fraction of sp³-hybridized carbons (Fsp3) is 0.714. The molecule has 1 aliphatic carbocycles. The van der Waals surface area contributed by atoms with Crippen LogP contribution in [-0.2, 0) is 16.6 Å². The predicted molar refractivity (Wildman–Crippen MR) is 78.2 cm³/mol. The number of hydrogen-bond donors (Lipinski definition) is 1. The molecule has 0 atom stereocenters. The Morgan fingerprint density at radius 2 is 1.95 bits per heavy atom. The van der Waals surface area contributed by atoms with Crippen LogP contribution in [0, 0.1) is 13.8 Å². The van der Waals surface area contributed by atoms with Gasteiger partial charge in [-0.1, -0.05) is 6.92 Å². The molecular weight excluding hydrogens is 276 g/mol. The van der Waals surface area contributed by atoms with Crippen LogP contribution in [0.25, 0.3) is 0 Å². The molecule has 1 saturated carbocycles. The molecule has 1 aliphatic rings. The van der Waals surface area contributed by atoms with Gasteiger partial charge >= 0.3 is 0 Å². The van der Waals surface area contributed by atoms with Crippen LogP contribution in [0.3, 0.4) is 0 Å². The van der Waals surface area contributed by atoms with Gasteiger partial charge in [-0.05, 0) is 33.1 Å². The summed E-state index contributed by atoms with van der Waals surface area (Å²) in [6, 6.07) is 0.536. The number of furan rings is 1. The van der Waals surface area contributed by atoms with E-state index in [0.29, 0.717) is 35.5 Å². The maximum Gasteiger partial charge on any atom is 0.246 e. The maximum absolute atomic E-state index is 12.7. The molecule has 0 saturated heterocycles. The quantitative estimate of drug-likeness (QED) is 0.838. The lowest BCUT2D eigenvalue weighted by atomic mass is 10.2. The monoisotopic (exact) mass is 300 g/mol. The summed E-state index contributed by atoms with van der Waals surface area (Å²) in [7, 11) is -1.85. The Morgan fingerprint density at radius 1 is 1.30 bits per heavy atom. The molecule has 1 aromatic heterocycles. The lowest BCUT2D eigenvalue weighted by Gasteiger charge is -2.17. The zero-order valence-corrected chi connectivity index (χ0v) is 13.5. The average Bonchev–Trinajstić information content (AvgIpc) is 3.13. The molecule has 0 unspecified atom stereocenters. The normalized spacial score (nSPS) is 16.1. The number of hydrogen-bond acceptors (Lipinski definition) is 4. The van der Waals surface area contributed by atoms with Gasteiger partial charge in [-0.15, -0.1) is 0 Å². The molecule has 0 amide bonds. The van der Waals surface area contributed by atoms with Crippen molar-refractivity contribution in [2.75, 3.05) is 13.6 Å². The van der Waals surface area contributed by atoms with Crippen LogP contribution in [0.15, 0.2) is 9.31 Å². The van der Waals surface area contributed by atoms with Crippen molar-refractivity contribution in [3.8, 4) is 0 Å². The van der Waals surface area contributed by atoms with Crippen molar-refractivity contribution in [3.63, 3.8) is 0 Å². The predicted octanol–water partition coefficient (Wildman–Crippen LogP) is 2.18. The highest BCUT2D eigenvalue weighted by atomic mass is 32.2. The zero-order valence-electron chi connectivity index (χ0n) is 12.7. The van der Waals surface area contributed by atoms with E-state index in [1.807, 2.05) is 13.8 Å². The summed E-state index contributed by atoms with van der Waals surface area (Å²) < 4.78 is 32.3. The number of rotatable bonds is 7. The first-order valence-electron chi connectivity index (χ1n) is 7.16. The Balaban J connectivity index is 2.33. The SMILES string of the molecule is CCCN(C)S(=O)(=O)c1c(C)oc(C)c1CNC1CC1. The van der Waals surface area contributed by atoms with E-state index >= 15 is 0 Å². The van der Waals surface area contributed by atoms with Crippen molar-refractivity contribution in [2.24, 2.45) is 0 Å². The highest BCUT2D eigenvalue weighted by molar-refractivity contribution is 7.89. The Kier molecular flexibility index (Phi) is 4.56. The molecule has 20 heavy (non-hydrogen) atoms. The van der Waals surface area contributed by atoms with E-state index < -0.39 is 10.0 Å². The second-order valence-electron chi connectivity index (χ2n) is 5.50. The van der Waals surface area contributed by atoms with E-state index in [4.69, 9.17) is 4.42 Å². The first-order chi connectivity index (χ1) is 9.37. The second-order valence-corrected chi connectivity index (χ2v) is 7.49. The van der Waals surface area contributed by atoms with E-state index in [0.717, 1.165) is 12.0 Å². The van der Waals surface area contributed by atoms with Crippen LogP contribution in [0.5, 0.6) is 0 Å². The number of sulfonamides is 1. The summed E-state index contributed by atoms with van der Waals surface area (Å²) in [5, 5.41) is 3.37. The van der Waals surface area contributed by atoms with E-state index in [9.17, 15) is 8.42 Å². The second kappa shape index (κ2) is 5.87. The number of aryl methyl sites for hydroxylation is 2. The van der Waals surface area contributed by atoms with Crippen molar-refractivity contribution in [3.05, 3.63) is 17.1 Å². The van der Waals surface area contributed by atoms with Gasteiger partial charge in [0.25, 0.3) is 0 Å². The standard InChI is InChI=1S/C14H24N2O3S/c1-5-8-16(4)20(17,18)14-11(3)19-10(2)13(14)9-15-12-6-7-12/h12,15H,5-9H2,1-4H3. The summed E-state index contributed by atoms with van der Waals surface area (Å²) in [5.74, 6) is 1.18. The molecule has 5 nitrogen and oxygen atoms in total. The molecule has 0 aliphatic heterocycles. The summed E-state index contributed by atoms with van der Waals surface area (Å²) in [6.45, 7) is 6.59. The van der Waals surface area contributed by atoms with Crippen molar-refractivity contribution in [1.29, 1.82) is 0 Å². The van der Waals surface area contributed by atoms with E-state index in [2.05, 4.69) is 5.32 Å². The van der Waals surface area contributed by atoms with Gasteiger partial charge in [0.1, 0.15) is 16.4 Å². The third-order valence-electron chi connectivity index (χ3n) is 3.68. The maximum atomic E-state index is 12.7.